The average molecular weight is 333 g/mol. The molecule has 4 nitrogen and oxygen atoms in total. The lowest BCUT2D eigenvalue weighted by atomic mass is 10.0. The highest BCUT2D eigenvalue weighted by atomic mass is 35.5. The molecule has 5 heteroatoms. The summed E-state index contributed by atoms with van der Waals surface area (Å²) in [6.07, 6.45) is 0.905. The van der Waals surface area contributed by atoms with Crippen LogP contribution in [0.25, 0.3) is 0 Å². The maximum Gasteiger partial charge on any atom is 0.305 e. The van der Waals surface area contributed by atoms with Crippen molar-refractivity contribution in [2.45, 2.75) is 12.8 Å². The highest BCUT2D eigenvalue weighted by molar-refractivity contribution is 6.30. The zero-order valence-corrected chi connectivity index (χ0v) is 13.5. The van der Waals surface area contributed by atoms with E-state index in [0.717, 1.165) is 0 Å². The van der Waals surface area contributed by atoms with Gasteiger partial charge in [0.1, 0.15) is 5.75 Å². The van der Waals surface area contributed by atoms with Gasteiger partial charge in [-0.05, 0) is 55.0 Å². The number of hydrogen-bond acceptors (Lipinski definition) is 4. The largest absolute Gasteiger partial charge is 0.494 e. The number of esters is 1. The highest BCUT2D eigenvalue weighted by Gasteiger charge is 2.09. The molecule has 0 aliphatic carbocycles. The number of ether oxygens (including phenoxy) is 2. The summed E-state index contributed by atoms with van der Waals surface area (Å²) in [4.78, 5) is 23.3. The van der Waals surface area contributed by atoms with Crippen LogP contribution < -0.4 is 4.74 Å². The molecule has 0 spiro atoms. The van der Waals surface area contributed by atoms with Gasteiger partial charge in [0, 0.05) is 22.6 Å². The van der Waals surface area contributed by atoms with Crippen molar-refractivity contribution in [1.82, 2.24) is 0 Å². The molecule has 0 atom stereocenters. The fourth-order valence-electron chi connectivity index (χ4n) is 1.98. The standard InChI is InChI=1S/C18H17ClO4/c1-22-17(20)3-2-12-23-16-10-6-14(7-11-16)18(21)13-4-8-15(19)9-5-13/h4-11H,2-3,12H2,1H3. The van der Waals surface area contributed by atoms with Crippen molar-refractivity contribution in [1.29, 1.82) is 0 Å². The predicted molar refractivity (Wildman–Crippen MR) is 88.1 cm³/mol. The minimum atomic E-state index is -0.252. The summed E-state index contributed by atoms with van der Waals surface area (Å²) in [5.74, 6) is 0.332. The third-order valence-electron chi connectivity index (χ3n) is 3.24. The Morgan fingerprint density at radius 1 is 0.957 bits per heavy atom. The molecule has 0 aliphatic rings. The summed E-state index contributed by atoms with van der Waals surface area (Å²) in [5, 5.41) is 0.595. The van der Waals surface area contributed by atoms with Crippen molar-refractivity contribution in [3.63, 3.8) is 0 Å². The van der Waals surface area contributed by atoms with Crippen LogP contribution in [0.4, 0.5) is 0 Å². The van der Waals surface area contributed by atoms with Gasteiger partial charge in [-0.15, -0.1) is 0 Å². The second-order valence-corrected chi connectivity index (χ2v) is 5.32. The first-order valence-electron chi connectivity index (χ1n) is 7.20. The molecular formula is C18H17ClO4. The number of halogens is 1. The Morgan fingerprint density at radius 3 is 2.09 bits per heavy atom. The topological polar surface area (TPSA) is 52.6 Å². The molecule has 23 heavy (non-hydrogen) atoms. The van der Waals surface area contributed by atoms with E-state index in [9.17, 15) is 9.59 Å². The van der Waals surface area contributed by atoms with E-state index in [0.29, 0.717) is 41.3 Å². The first-order chi connectivity index (χ1) is 11.1. The molecular weight excluding hydrogens is 316 g/mol. The Hall–Kier alpha value is -2.33. The van der Waals surface area contributed by atoms with E-state index in [1.807, 2.05) is 0 Å². The predicted octanol–water partition coefficient (Wildman–Crippen LogP) is 3.90. The van der Waals surface area contributed by atoms with Crippen molar-refractivity contribution in [2.75, 3.05) is 13.7 Å². The number of carbonyl (C=O) groups excluding carboxylic acids is 2. The van der Waals surface area contributed by atoms with Crippen LogP contribution in [-0.4, -0.2) is 25.5 Å². The summed E-state index contributed by atoms with van der Waals surface area (Å²) in [6.45, 7) is 0.416. The molecule has 2 aromatic rings. The Morgan fingerprint density at radius 2 is 1.52 bits per heavy atom. The Bertz CT molecular complexity index is 662. The van der Waals surface area contributed by atoms with E-state index < -0.39 is 0 Å². The van der Waals surface area contributed by atoms with Crippen molar-refractivity contribution >= 4 is 23.4 Å². The lowest BCUT2D eigenvalue weighted by Gasteiger charge is -2.07. The third kappa shape index (κ3) is 5.11. The maximum atomic E-state index is 12.3. The number of methoxy groups -OCH3 is 1. The number of ketones is 1. The van der Waals surface area contributed by atoms with Crippen LogP contribution in [0.2, 0.25) is 5.02 Å². The Kier molecular flexibility index (Phi) is 6.18. The van der Waals surface area contributed by atoms with E-state index in [4.69, 9.17) is 16.3 Å². The zero-order chi connectivity index (χ0) is 16.7. The van der Waals surface area contributed by atoms with Crippen molar-refractivity contribution in [2.24, 2.45) is 0 Å². The molecule has 0 fully saturated rings. The van der Waals surface area contributed by atoms with Gasteiger partial charge in [0.2, 0.25) is 0 Å². The van der Waals surface area contributed by atoms with Crippen molar-refractivity contribution in [3.8, 4) is 5.75 Å². The summed E-state index contributed by atoms with van der Waals surface area (Å²) in [6, 6.07) is 13.7. The summed E-state index contributed by atoms with van der Waals surface area (Å²) in [7, 11) is 1.36. The van der Waals surface area contributed by atoms with Crippen LogP contribution in [0.15, 0.2) is 48.5 Å². The van der Waals surface area contributed by atoms with Gasteiger partial charge < -0.3 is 9.47 Å². The van der Waals surface area contributed by atoms with Crippen LogP contribution >= 0.6 is 11.6 Å². The average Bonchev–Trinajstić information content (AvgIpc) is 2.59. The number of rotatable bonds is 7. The number of benzene rings is 2. The maximum absolute atomic E-state index is 12.3. The lowest BCUT2D eigenvalue weighted by molar-refractivity contribution is -0.140. The molecule has 120 valence electrons. The van der Waals surface area contributed by atoms with Crippen LogP contribution in [-0.2, 0) is 9.53 Å². The van der Waals surface area contributed by atoms with Crippen molar-refractivity contribution < 1.29 is 19.1 Å². The molecule has 0 aliphatic heterocycles. The molecule has 0 saturated carbocycles. The van der Waals surface area contributed by atoms with E-state index in [-0.39, 0.29) is 11.8 Å². The molecule has 0 N–H and O–H groups in total. The van der Waals surface area contributed by atoms with E-state index in [1.54, 1.807) is 48.5 Å². The Balaban J connectivity index is 1.90. The molecule has 2 rings (SSSR count). The molecule has 0 radical (unpaired) electrons. The molecule has 0 aromatic heterocycles. The fourth-order valence-corrected chi connectivity index (χ4v) is 2.11. The van der Waals surface area contributed by atoms with Gasteiger partial charge in [-0.1, -0.05) is 11.6 Å². The lowest BCUT2D eigenvalue weighted by Crippen LogP contribution is -2.05. The molecule has 0 amide bonds. The summed E-state index contributed by atoms with van der Waals surface area (Å²) in [5.41, 5.74) is 1.16. The highest BCUT2D eigenvalue weighted by Crippen LogP contribution is 2.17. The van der Waals surface area contributed by atoms with Crippen LogP contribution in [0.1, 0.15) is 28.8 Å². The zero-order valence-electron chi connectivity index (χ0n) is 12.8. The Labute approximate surface area is 140 Å². The molecule has 0 saturated heterocycles. The SMILES string of the molecule is COC(=O)CCCOc1ccc(C(=O)c2ccc(Cl)cc2)cc1. The summed E-state index contributed by atoms with van der Waals surface area (Å²) < 4.78 is 10.1. The van der Waals surface area contributed by atoms with Crippen LogP contribution in [0, 0.1) is 0 Å². The van der Waals surface area contributed by atoms with Gasteiger partial charge in [-0.3, -0.25) is 9.59 Å². The van der Waals surface area contributed by atoms with Gasteiger partial charge in [0.05, 0.1) is 13.7 Å². The molecule has 2 aromatic carbocycles. The van der Waals surface area contributed by atoms with Crippen molar-refractivity contribution in [3.05, 3.63) is 64.7 Å². The molecule has 0 bridgehead atoms. The first-order valence-corrected chi connectivity index (χ1v) is 7.58. The quantitative estimate of drug-likeness (QED) is 0.438. The monoisotopic (exact) mass is 332 g/mol. The van der Waals surface area contributed by atoms with Gasteiger partial charge in [0.25, 0.3) is 0 Å². The first kappa shape index (κ1) is 17.0. The fraction of sp³-hybridized carbons (Fsp3) is 0.222. The normalized spacial score (nSPS) is 10.2. The third-order valence-corrected chi connectivity index (χ3v) is 3.50. The smallest absolute Gasteiger partial charge is 0.305 e. The molecule has 0 unspecified atom stereocenters. The van der Waals surface area contributed by atoms with Gasteiger partial charge in [-0.2, -0.15) is 0 Å². The summed E-state index contributed by atoms with van der Waals surface area (Å²) >= 11 is 5.82. The van der Waals surface area contributed by atoms with Gasteiger partial charge in [0.15, 0.2) is 5.78 Å². The number of hydrogen-bond donors (Lipinski definition) is 0. The van der Waals surface area contributed by atoms with Gasteiger partial charge >= 0.3 is 5.97 Å². The van der Waals surface area contributed by atoms with E-state index in [2.05, 4.69) is 4.74 Å². The van der Waals surface area contributed by atoms with E-state index in [1.165, 1.54) is 7.11 Å². The second kappa shape index (κ2) is 8.34. The minimum Gasteiger partial charge on any atom is -0.494 e. The van der Waals surface area contributed by atoms with Gasteiger partial charge in [-0.25, -0.2) is 0 Å². The molecule has 0 heterocycles. The second-order valence-electron chi connectivity index (χ2n) is 4.89. The van der Waals surface area contributed by atoms with E-state index >= 15 is 0 Å². The minimum absolute atomic E-state index is 0.0705. The van der Waals surface area contributed by atoms with Crippen LogP contribution in [0.3, 0.4) is 0 Å². The number of carbonyl (C=O) groups is 2. The van der Waals surface area contributed by atoms with Crippen LogP contribution in [0.5, 0.6) is 5.75 Å².